The van der Waals surface area contributed by atoms with Gasteiger partial charge in [-0.3, -0.25) is 9.59 Å². The van der Waals surface area contributed by atoms with Gasteiger partial charge in [-0.05, 0) is 66.7 Å². The van der Waals surface area contributed by atoms with Gasteiger partial charge in [0.15, 0.2) is 10.9 Å². The van der Waals surface area contributed by atoms with Gasteiger partial charge in [0.2, 0.25) is 11.7 Å². The molecule has 0 fully saturated rings. The van der Waals surface area contributed by atoms with Gasteiger partial charge < -0.3 is 20.0 Å². The monoisotopic (exact) mass is 495 g/mol. The minimum Gasteiger partial charge on any atom is -0.490 e. The quantitative estimate of drug-likeness (QED) is 0.440. The van der Waals surface area contributed by atoms with Crippen LogP contribution < -0.4 is 20.0 Å². The fourth-order valence-electron chi connectivity index (χ4n) is 2.66. The first-order valence-electron chi connectivity index (χ1n) is 9.15. The molecular formula is C20H18ClN3O6S2. The number of halogens is 1. The van der Waals surface area contributed by atoms with Crippen LogP contribution in [0.5, 0.6) is 11.5 Å². The highest BCUT2D eigenvalue weighted by Gasteiger charge is 2.24. The molecule has 32 heavy (non-hydrogen) atoms. The molecule has 0 aliphatic carbocycles. The molecule has 12 heteroatoms. The standard InChI is InChI=1S/C20H18ClN3O6S2/c1-3-29-16-9-12(10-17-19(26)24-20(22)31-17)8-15(21)18(16)30-32(27,28)14-6-4-13(5-7-14)23-11(2)25/h4-10H,3H2,1-2H3,(H,23,25)(H2,22,24,26). The Morgan fingerprint density at radius 1 is 1.28 bits per heavy atom. The molecule has 0 unspecified atom stereocenters. The Labute approximate surface area is 193 Å². The van der Waals surface area contributed by atoms with Gasteiger partial charge in [-0.25, -0.2) is 0 Å². The third-order valence-corrected chi connectivity index (χ3v) is 6.25. The number of ether oxygens (including phenoxy) is 1. The van der Waals surface area contributed by atoms with Gasteiger partial charge in [-0.2, -0.15) is 13.4 Å². The van der Waals surface area contributed by atoms with Crippen molar-refractivity contribution in [3.8, 4) is 11.5 Å². The summed E-state index contributed by atoms with van der Waals surface area (Å²) in [6, 6.07) is 8.38. The van der Waals surface area contributed by atoms with E-state index in [-0.39, 0.29) is 39.1 Å². The molecule has 1 aliphatic rings. The van der Waals surface area contributed by atoms with E-state index in [0.717, 1.165) is 11.8 Å². The number of amides is 2. The van der Waals surface area contributed by atoms with E-state index in [9.17, 15) is 18.0 Å². The van der Waals surface area contributed by atoms with Gasteiger partial charge in [-0.15, -0.1) is 0 Å². The van der Waals surface area contributed by atoms with Crippen LogP contribution in [0.1, 0.15) is 19.4 Å². The number of nitrogens with zero attached hydrogens (tertiary/aromatic N) is 1. The Morgan fingerprint density at radius 3 is 2.53 bits per heavy atom. The summed E-state index contributed by atoms with van der Waals surface area (Å²) in [5.74, 6) is -0.878. The third kappa shape index (κ3) is 5.61. The first kappa shape index (κ1) is 23.6. The van der Waals surface area contributed by atoms with E-state index in [1.54, 1.807) is 6.92 Å². The molecule has 0 saturated carbocycles. The molecule has 9 nitrogen and oxygen atoms in total. The molecule has 2 amide bonds. The average molecular weight is 496 g/mol. The Morgan fingerprint density at radius 2 is 1.97 bits per heavy atom. The predicted octanol–water partition coefficient (Wildman–Crippen LogP) is 3.39. The second-order valence-corrected chi connectivity index (χ2v) is 9.39. The molecule has 0 atom stereocenters. The fraction of sp³-hybridized carbons (Fsp3) is 0.150. The summed E-state index contributed by atoms with van der Waals surface area (Å²) in [4.78, 5) is 26.7. The predicted molar refractivity (Wildman–Crippen MR) is 123 cm³/mol. The van der Waals surface area contributed by atoms with Gasteiger partial charge in [0.1, 0.15) is 4.90 Å². The summed E-state index contributed by atoms with van der Waals surface area (Å²) in [5.41, 5.74) is 6.46. The lowest BCUT2D eigenvalue weighted by Gasteiger charge is -2.14. The van der Waals surface area contributed by atoms with Crippen LogP contribution in [-0.2, 0) is 19.7 Å². The van der Waals surface area contributed by atoms with Crippen LogP contribution in [0.2, 0.25) is 5.02 Å². The summed E-state index contributed by atoms with van der Waals surface area (Å²) < 4.78 is 36.3. The summed E-state index contributed by atoms with van der Waals surface area (Å²) in [7, 11) is -4.26. The molecule has 168 valence electrons. The molecular weight excluding hydrogens is 478 g/mol. The van der Waals surface area contributed by atoms with E-state index in [1.807, 2.05) is 0 Å². The maximum atomic E-state index is 12.8. The summed E-state index contributed by atoms with van der Waals surface area (Å²) in [6.45, 7) is 3.26. The zero-order chi connectivity index (χ0) is 23.5. The maximum Gasteiger partial charge on any atom is 0.339 e. The number of hydrogen-bond donors (Lipinski definition) is 2. The number of nitrogens with two attached hydrogens (primary N) is 1. The van der Waals surface area contributed by atoms with Crippen molar-refractivity contribution in [1.29, 1.82) is 0 Å². The molecule has 3 rings (SSSR count). The molecule has 0 saturated heterocycles. The van der Waals surface area contributed by atoms with Crippen molar-refractivity contribution < 1.29 is 26.9 Å². The van der Waals surface area contributed by atoms with Gasteiger partial charge in [0.05, 0.1) is 16.5 Å². The van der Waals surface area contributed by atoms with E-state index in [4.69, 9.17) is 26.3 Å². The summed E-state index contributed by atoms with van der Waals surface area (Å²) >= 11 is 7.32. The Kier molecular flexibility index (Phi) is 7.12. The third-order valence-electron chi connectivity index (χ3n) is 3.92. The lowest BCUT2D eigenvalue weighted by molar-refractivity contribution is -0.114. The van der Waals surface area contributed by atoms with Crippen molar-refractivity contribution in [1.82, 2.24) is 0 Å². The first-order chi connectivity index (χ1) is 15.1. The Balaban J connectivity index is 1.92. The van der Waals surface area contributed by atoms with Crippen molar-refractivity contribution in [3.63, 3.8) is 0 Å². The van der Waals surface area contributed by atoms with E-state index in [0.29, 0.717) is 16.2 Å². The second-order valence-electron chi connectivity index (χ2n) is 6.37. The Hall–Kier alpha value is -3.02. The van der Waals surface area contributed by atoms with Gasteiger partial charge in [0.25, 0.3) is 5.91 Å². The number of anilines is 1. The van der Waals surface area contributed by atoms with Crippen molar-refractivity contribution in [2.24, 2.45) is 10.7 Å². The molecule has 0 bridgehead atoms. The summed E-state index contributed by atoms with van der Waals surface area (Å²) in [5, 5.41) is 2.64. The lowest BCUT2D eigenvalue weighted by Crippen LogP contribution is -2.12. The highest BCUT2D eigenvalue weighted by molar-refractivity contribution is 8.18. The molecule has 0 aromatic heterocycles. The maximum absolute atomic E-state index is 12.8. The van der Waals surface area contributed by atoms with Crippen molar-refractivity contribution >= 4 is 62.2 Å². The van der Waals surface area contributed by atoms with Crippen LogP contribution in [0.25, 0.3) is 6.08 Å². The van der Waals surface area contributed by atoms with E-state index in [1.165, 1.54) is 49.4 Å². The average Bonchev–Trinajstić information content (AvgIpc) is 3.01. The molecule has 2 aromatic carbocycles. The smallest absolute Gasteiger partial charge is 0.339 e. The number of amidine groups is 1. The highest BCUT2D eigenvalue weighted by Crippen LogP contribution is 2.40. The number of hydrogen-bond acceptors (Lipinski definition) is 8. The Bertz CT molecular complexity index is 1240. The minimum atomic E-state index is -4.26. The fourth-order valence-corrected chi connectivity index (χ4v) is 4.60. The second kappa shape index (κ2) is 9.63. The number of benzene rings is 2. The molecule has 0 spiro atoms. The molecule has 3 N–H and O–H groups in total. The number of rotatable bonds is 7. The summed E-state index contributed by atoms with van der Waals surface area (Å²) in [6.07, 6.45) is 1.52. The molecule has 2 aromatic rings. The van der Waals surface area contributed by atoms with Crippen molar-refractivity contribution in [3.05, 3.63) is 51.9 Å². The number of carbonyl (C=O) groups excluding carboxylic acids is 2. The van der Waals surface area contributed by atoms with Crippen molar-refractivity contribution in [2.45, 2.75) is 18.7 Å². The largest absolute Gasteiger partial charge is 0.490 e. The number of thioether (sulfide) groups is 1. The number of nitrogens with one attached hydrogen (secondary N) is 1. The van der Waals surface area contributed by atoms with Crippen LogP contribution in [0, 0.1) is 0 Å². The van der Waals surface area contributed by atoms with Crippen LogP contribution in [-0.4, -0.2) is 32.0 Å². The van der Waals surface area contributed by atoms with Crippen LogP contribution >= 0.6 is 23.4 Å². The number of aliphatic imine (C=N–C) groups is 1. The molecule has 1 heterocycles. The SMILES string of the molecule is CCOc1cc(C=C2SC(N)=NC2=O)cc(Cl)c1OS(=O)(=O)c1ccc(NC(C)=O)cc1. The zero-order valence-electron chi connectivity index (χ0n) is 16.9. The molecule has 1 aliphatic heterocycles. The lowest BCUT2D eigenvalue weighted by atomic mass is 10.2. The van der Waals surface area contributed by atoms with Crippen molar-refractivity contribution in [2.75, 3.05) is 11.9 Å². The van der Waals surface area contributed by atoms with Crippen LogP contribution in [0.15, 0.2) is 51.2 Å². The van der Waals surface area contributed by atoms with E-state index >= 15 is 0 Å². The zero-order valence-corrected chi connectivity index (χ0v) is 19.3. The van der Waals surface area contributed by atoms with E-state index in [2.05, 4.69) is 10.3 Å². The van der Waals surface area contributed by atoms with E-state index < -0.39 is 16.0 Å². The van der Waals surface area contributed by atoms with Crippen LogP contribution in [0.4, 0.5) is 5.69 Å². The van der Waals surface area contributed by atoms with Gasteiger partial charge in [0, 0.05) is 12.6 Å². The van der Waals surface area contributed by atoms with Crippen LogP contribution in [0.3, 0.4) is 0 Å². The minimum absolute atomic E-state index is 0.0365. The normalized spacial score (nSPS) is 14.9. The topological polar surface area (TPSA) is 137 Å². The van der Waals surface area contributed by atoms with Gasteiger partial charge in [-0.1, -0.05) is 11.6 Å². The molecule has 0 radical (unpaired) electrons. The first-order valence-corrected chi connectivity index (χ1v) is 11.8. The highest BCUT2D eigenvalue weighted by atomic mass is 35.5. The van der Waals surface area contributed by atoms with Gasteiger partial charge >= 0.3 is 10.1 Å². The number of carbonyl (C=O) groups is 2.